The number of benzene rings is 1. The summed E-state index contributed by atoms with van der Waals surface area (Å²) in [6, 6.07) is 7.26. The fourth-order valence-electron chi connectivity index (χ4n) is 0.969. The zero-order valence-corrected chi connectivity index (χ0v) is 8.70. The van der Waals surface area contributed by atoms with Gasteiger partial charge in [-0.1, -0.05) is 12.1 Å². The third-order valence-electron chi connectivity index (χ3n) is 1.68. The number of para-hydroxylation sites is 2. The molecule has 0 bridgehead atoms. The molecule has 0 radical (unpaired) electrons. The standard InChI is InChI=1S/C10H13ClO3/c1-13-9-4-2-3-5-10(9)14-7-8(12)6-11/h2-5,8,12H,6-7H2,1H3/t8-/m0/s1. The molecule has 1 N–H and O–H groups in total. The maximum Gasteiger partial charge on any atom is 0.161 e. The topological polar surface area (TPSA) is 38.7 Å². The van der Waals surface area contributed by atoms with Gasteiger partial charge in [-0.15, -0.1) is 11.6 Å². The van der Waals surface area contributed by atoms with Crippen LogP contribution in [0.15, 0.2) is 24.3 Å². The van der Waals surface area contributed by atoms with E-state index in [9.17, 15) is 5.11 Å². The number of hydrogen-bond donors (Lipinski definition) is 1. The molecular weight excluding hydrogens is 204 g/mol. The van der Waals surface area contributed by atoms with Crippen molar-refractivity contribution in [1.29, 1.82) is 0 Å². The third kappa shape index (κ3) is 3.09. The molecule has 1 aromatic carbocycles. The molecule has 1 atom stereocenters. The van der Waals surface area contributed by atoms with Gasteiger partial charge >= 0.3 is 0 Å². The van der Waals surface area contributed by atoms with E-state index < -0.39 is 6.10 Å². The highest BCUT2D eigenvalue weighted by molar-refractivity contribution is 6.18. The monoisotopic (exact) mass is 216 g/mol. The van der Waals surface area contributed by atoms with Crippen molar-refractivity contribution in [2.24, 2.45) is 0 Å². The van der Waals surface area contributed by atoms with E-state index in [0.717, 1.165) is 0 Å². The Balaban J connectivity index is 2.57. The SMILES string of the molecule is COc1ccccc1OC[C@@H](O)CCl. The highest BCUT2D eigenvalue weighted by atomic mass is 35.5. The summed E-state index contributed by atoms with van der Waals surface area (Å²) >= 11 is 5.43. The highest BCUT2D eigenvalue weighted by Crippen LogP contribution is 2.25. The van der Waals surface area contributed by atoms with E-state index >= 15 is 0 Å². The number of rotatable bonds is 5. The molecule has 1 aromatic rings. The second-order valence-corrected chi connectivity index (χ2v) is 3.08. The van der Waals surface area contributed by atoms with Crippen LogP contribution >= 0.6 is 11.6 Å². The summed E-state index contributed by atoms with van der Waals surface area (Å²) < 4.78 is 10.4. The minimum atomic E-state index is -0.651. The van der Waals surface area contributed by atoms with E-state index in [4.69, 9.17) is 21.1 Å². The quantitative estimate of drug-likeness (QED) is 0.762. The van der Waals surface area contributed by atoms with E-state index in [1.165, 1.54) is 0 Å². The Bertz CT molecular complexity index is 278. The van der Waals surface area contributed by atoms with Gasteiger partial charge < -0.3 is 14.6 Å². The predicted molar refractivity (Wildman–Crippen MR) is 55.2 cm³/mol. The third-order valence-corrected chi connectivity index (χ3v) is 2.03. The van der Waals surface area contributed by atoms with E-state index in [0.29, 0.717) is 11.5 Å². The maximum absolute atomic E-state index is 9.19. The van der Waals surface area contributed by atoms with Crippen LogP contribution in [0.4, 0.5) is 0 Å². The zero-order chi connectivity index (χ0) is 10.4. The molecule has 0 aromatic heterocycles. The molecule has 0 aliphatic carbocycles. The molecule has 0 spiro atoms. The number of hydrogen-bond acceptors (Lipinski definition) is 3. The molecule has 0 aliphatic rings. The minimum absolute atomic E-state index is 0.162. The molecule has 14 heavy (non-hydrogen) atoms. The van der Waals surface area contributed by atoms with E-state index in [-0.39, 0.29) is 12.5 Å². The Kier molecular flexibility index (Phi) is 4.56. The van der Waals surface area contributed by atoms with Crippen LogP contribution in [0, 0.1) is 0 Å². The van der Waals surface area contributed by atoms with E-state index in [1.807, 2.05) is 12.1 Å². The van der Waals surface area contributed by atoms with Crippen molar-refractivity contribution in [3.8, 4) is 11.5 Å². The first-order valence-corrected chi connectivity index (χ1v) is 4.81. The molecule has 0 saturated heterocycles. The van der Waals surface area contributed by atoms with Crippen molar-refractivity contribution in [2.45, 2.75) is 6.10 Å². The average Bonchev–Trinajstić information content (AvgIpc) is 2.26. The maximum atomic E-state index is 9.19. The van der Waals surface area contributed by atoms with Gasteiger partial charge in [0.1, 0.15) is 12.7 Å². The highest BCUT2D eigenvalue weighted by Gasteiger charge is 2.06. The lowest BCUT2D eigenvalue weighted by molar-refractivity contribution is 0.123. The number of methoxy groups -OCH3 is 1. The molecule has 0 unspecified atom stereocenters. The van der Waals surface area contributed by atoms with Crippen LogP contribution in [0.5, 0.6) is 11.5 Å². The van der Waals surface area contributed by atoms with Crippen molar-refractivity contribution >= 4 is 11.6 Å². The van der Waals surface area contributed by atoms with Crippen molar-refractivity contribution < 1.29 is 14.6 Å². The normalized spacial score (nSPS) is 12.2. The molecule has 0 aliphatic heterocycles. The van der Waals surface area contributed by atoms with Crippen LogP contribution in [0.3, 0.4) is 0 Å². The van der Waals surface area contributed by atoms with Gasteiger partial charge in [0.25, 0.3) is 0 Å². The predicted octanol–water partition coefficient (Wildman–Crippen LogP) is 1.67. The summed E-state index contributed by atoms with van der Waals surface area (Å²) in [4.78, 5) is 0. The molecule has 3 nitrogen and oxygen atoms in total. The lowest BCUT2D eigenvalue weighted by Gasteiger charge is -2.12. The molecule has 4 heteroatoms. The van der Waals surface area contributed by atoms with Crippen LogP contribution in [0.1, 0.15) is 0 Å². The fraction of sp³-hybridized carbons (Fsp3) is 0.400. The van der Waals surface area contributed by atoms with Crippen LogP contribution < -0.4 is 9.47 Å². The average molecular weight is 217 g/mol. The molecule has 1 rings (SSSR count). The van der Waals surface area contributed by atoms with Crippen molar-refractivity contribution in [2.75, 3.05) is 19.6 Å². The lowest BCUT2D eigenvalue weighted by atomic mass is 10.3. The van der Waals surface area contributed by atoms with Crippen LogP contribution in [0.25, 0.3) is 0 Å². The summed E-state index contributed by atoms with van der Waals surface area (Å²) in [6.45, 7) is 0.171. The van der Waals surface area contributed by atoms with Gasteiger partial charge in [0, 0.05) is 0 Å². The smallest absolute Gasteiger partial charge is 0.161 e. The van der Waals surface area contributed by atoms with Crippen molar-refractivity contribution in [3.63, 3.8) is 0 Å². The summed E-state index contributed by atoms with van der Waals surface area (Å²) in [6.07, 6.45) is -0.651. The second-order valence-electron chi connectivity index (χ2n) is 2.77. The Morgan fingerprint density at radius 1 is 1.36 bits per heavy atom. The number of halogens is 1. The fourth-order valence-corrected chi connectivity index (χ4v) is 1.06. The second kappa shape index (κ2) is 5.73. The minimum Gasteiger partial charge on any atom is -0.493 e. The number of aliphatic hydroxyl groups excluding tert-OH is 1. The summed E-state index contributed by atoms with van der Waals surface area (Å²) in [5, 5.41) is 9.19. The Morgan fingerprint density at radius 3 is 2.57 bits per heavy atom. The lowest BCUT2D eigenvalue weighted by Crippen LogP contribution is -2.19. The van der Waals surface area contributed by atoms with Gasteiger partial charge in [0.05, 0.1) is 13.0 Å². The molecule has 0 saturated carbocycles. The van der Waals surface area contributed by atoms with Gasteiger partial charge in [-0.25, -0.2) is 0 Å². The van der Waals surface area contributed by atoms with Gasteiger partial charge in [0.2, 0.25) is 0 Å². The molecule has 0 heterocycles. The van der Waals surface area contributed by atoms with Gasteiger partial charge in [-0.2, -0.15) is 0 Å². The first kappa shape index (κ1) is 11.1. The van der Waals surface area contributed by atoms with Crippen molar-refractivity contribution in [3.05, 3.63) is 24.3 Å². The molecule has 0 amide bonds. The summed E-state index contributed by atoms with van der Waals surface area (Å²) in [5.41, 5.74) is 0. The number of aliphatic hydroxyl groups is 1. The first-order valence-electron chi connectivity index (χ1n) is 4.27. The van der Waals surface area contributed by atoms with Crippen LogP contribution in [0.2, 0.25) is 0 Å². The van der Waals surface area contributed by atoms with Gasteiger partial charge in [0.15, 0.2) is 11.5 Å². The van der Waals surface area contributed by atoms with E-state index in [2.05, 4.69) is 0 Å². The zero-order valence-electron chi connectivity index (χ0n) is 7.94. The Labute approximate surface area is 88.2 Å². The van der Waals surface area contributed by atoms with Crippen LogP contribution in [-0.4, -0.2) is 30.8 Å². The van der Waals surface area contributed by atoms with Crippen molar-refractivity contribution in [1.82, 2.24) is 0 Å². The summed E-state index contributed by atoms with van der Waals surface area (Å²) in [5.74, 6) is 1.42. The molecule has 78 valence electrons. The summed E-state index contributed by atoms with van der Waals surface area (Å²) in [7, 11) is 1.57. The van der Waals surface area contributed by atoms with Gasteiger partial charge in [-0.05, 0) is 12.1 Å². The van der Waals surface area contributed by atoms with Crippen LogP contribution in [-0.2, 0) is 0 Å². The number of ether oxygens (including phenoxy) is 2. The number of alkyl halides is 1. The largest absolute Gasteiger partial charge is 0.493 e. The first-order chi connectivity index (χ1) is 6.77. The van der Waals surface area contributed by atoms with Gasteiger partial charge in [-0.3, -0.25) is 0 Å². The molecular formula is C10H13ClO3. The Morgan fingerprint density at radius 2 is 2.00 bits per heavy atom. The van der Waals surface area contributed by atoms with E-state index in [1.54, 1.807) is 19.2 Å². The molecule has 0 fully saturated rings. The Hall–Kier alpha value is -0.930.